The van der Waals surface area contributed by atoms with Crippen LogP contribution < -0.4 is 4.74 Å². The lowest BCUT2D eigenvalue weighted by Crippen LogP contribution is -2.10. The quantitative estimate of drug-likeness (QED) is 0.444. The van der Waals surface area contributed by atoms with Crippen LogP contribution in [0.3, 0.4) is 0 Å². The van der Waals surface area contributed by atoms with Gasteiger partial charge < -0.3 is 9.47 Å². The fourth-order valence-corrected chi connectivity index (χ4v) is 1.19. The summed E-state index contributed by atoms with van der Waals surface area (Å²) in [5, 5.41) is 0. The Morgan fingerprint density at radius 3 is 2.44 bits per heavy atom. The molecule has 1 aromatic carbocycles. The van der Waals surface area contributed by atoms with Crippen LogP contribution in [0.1, 0.15) is 18.9 Å². The largest absolute Gasteiger partial charge is 0.463 e. The van der Waals surface area contributed by atoms with Gasteiger partial charge in [-0.25, -0.2) is 4.79 Å². The summed E-state index contributed by atoms with van der Waals surface area (Å²) in [6.07, 6.45) is 2.42. The van der Waals surface area contributed by atoms with Gasteiger partial charge in [-0.3, -0.25) is 0 Å². The molecule has 0 aromatic heterocycles. The standard InChI is InChI=1S/C13H16O3/c1-4-5-12(13(14)15-3)16-11-8-6-10(2)7-9-11/h5-9H,4H2,1-3H3/b12-5-. The highest BCUT2D eigenvalue weighted by atomic mass is 16.6. The Bertz CT molecular complexity index is 377. The zero-order chi connectivity index (χ0) is 12.0. The molecule has 16 heavy (non-hydrogen) atoms. The Morgan fingerprint density at radius 2 is 1.94 bits per heavy atom. The molecule has 0 radical (unpaired) electrons. The highest BCUT2D eigenvalue weighted by molar-refractivity contribution is 5.86. The first-order valence-corrected chi connectivity index (χ1v) is 5.20. The smallest absolute Gasteiger partial charge is 0.373 e. The molecule has 0 saturated heterocycles. The normalized spacial score (nSPS) is 11.1. The van der Waals surface area contributed by atoms with Crippen LogP contribution in [0.2, 0.25) is 0 Å². The minimum Gasteiger partial charge on any atom is -0.463 e. The van der Waals surface area contributed by atoms with Gasteiger partial charge in [0.2, 0.25) is 5.76 Å². The van der Waals surface area contributed by atoms with E-state index in [1.54, 1.807) is 6.08 Å². The summed E-state index contributed by atoms with van der Waals surface area (Å²) in [5.74, 6) is 0.409. The van der Waals surface area contributed by atoms with E-state index in [1.807, 2.05) is 38.1 Å². The molecule has 0 aliphatic heterocycles. The molecule has 1 aromatic rings. The van der Waals surface area contributed by atoms with E-state index in [1.165, 1.54) is 7.11 Å². The molecule has 0 amide bonds. The van der Waals surface area contributed by atoms with Crippen molar-refractivity contribution in [2.75, 3.05) is 7.11 Å². The summed E-state index contributed by atoms with van der Waals surface area (Å²) in [7, 11) is 1.34. The maximum absolute atomic E-state index is 11.4. The Morgan fingerprint density at radius 1 is 1.31 bits per heavy atom. The van der Waals surface area contributed by atoms with E-state index >= 15 is 0 Å². The van der Waals surface area contributed by atoms with Crippen molar-refractivity contribution in [3.8, 4) is 5.75 Å². The first-order chi connectivity index (χ1) is 7.67. The van der Waals surface area contributed by atoms with Crippen LogP contribution in [0.5, 0.6) is 5.75 Å². The lowest BCUT2D eigenvalue weighted by molar-refractivity contribution is -0.138. The molecule has 3 heteroatoms. The summed E-state index contributed by atoms with van der Waals surface area (Å²) in [4.78, 5) is 11.4. The number of methoxy groups -OCH3 is 1. The van der Waals surface area contributed by atoms with Gasteiger partial charge in [0, 0.05) is 0 Å². The second-order valence-electron chi connectivity index (χ2n) is 3.38. The number of hydrogen-bond donors (Lipinski definition) is 0. The summed E-state index contributed by atoms with van der Waals surface area (Å²) < 4.78 is 10.1. The van der Waals surface area contributed by atoms with E-state index in [2.05, 4.69) is 4.74 Å². The van der Waals surface area contributed by atoms with Crippen LogP contribution in [-0.2, 0) is 9.53 Å². The number of allylic oxidation sites excluding steroid dienone is 1. The van der Waals surface area contributed by atoms with E-state index in [4.69, 9.17) is 4.74 Å². The molecule has 1 rings (SSSR count). The van der Waals surface area contributed by atoms with Crippen LogP contribution in [-0.4, -0.2) is 13.1 Å². The van der Waals surface area contributed by atoms with Gasteiger partial charge in [0.05, 0.1) is 7.11 Å². The van der Waals surface area contributed by atoms with E-state index in [-0.39, 0.29) is 5.76 Å². The lowest BCUT2D eigenvalue weighted by atomic mass is 10.2. The third-order valence-corrected chi connectivity index (χ3v) is 2.02. The van der Waals surface area contributed by atoms with E-state index in [0.29, 0.717) is 5.75 Å². The lowest BCUT2D eigenvalue weighted by Gasteiger charge is -2.08. The van der Waals surface area contributed by atoms with E-state index < -0.39 is 5.97 Å². The van der Waals surface area contributed by atoms with Crippen molar-refractivity contribution < 1.29 is 14.3 Å². The molecule has 3 nitrogen and oxygen atoms in total. The molecule has 0 atom stereocenters. The van der Waals surface area contributed by atoms with Gasteiger partial charge in [-0.2, -0.15) is 0 Å². The number of carbonyl (C=O) groups excluding carboxylic acids is 1. The third-order valence-electron chi connectivity index (χ3n) is 2.02. The molecule has 0 aliphatic rings. The second kappa shape index (κ2) is 5.95. The van der Waals surface area contributed by atoms with Gasteiger partial charge >= 0.3 is 5.97 Å². The fourth-order valence-electron chi connectivity index (χ4n) is 1.19. The van der Waals surface area contributed by atoms with Crippen LogP contribution in [0.15, 0.2) is 36.1 Å². The molecular formula is C13H16O3. The van der Waals surface area contributed by atoms with Crippen molar-refractivity contribution >= 4 is 5.97 Å². The van der Waals surface area contributed by atoms with Gasteiger partial charge in [0.1, 0.15) is 5.75 Å². The number of rotatable bonds is 4. The number of benzene rings is 1. The number of ether oxygens (including phenoxy) is 2. The van der Waals surface area contributed by atoms with Crippen molar-refractivity contribution in [1.29, 1.82) is 0 Å². The highest BCUT2D eigenvalue weighted by Crippen LogP contribution is 2.15. The maximum atomic E-state index is 11.4. The predicted octanol–water partition coefficient (Wildman–Crippen LogP) is 2.84. The van der Waals surface area contributed by atoms with Crippen molar-refractivity contribution in [1.82, 2.24) is 0 Å². The molecule has 0 N–H and O–H groups in total. The molecule has 0 fully saturated rings. The highest BCUT2D eigenvalue weighted by Gasteiger charge is 2.11. The van der Waals surface area contributed by atoms with Crippen molar-refractivity contribution in [2.45, 2.75) is 20.3 Å². The number of hydrogen-bond acceptors (Lipinski definition) is 3. The third kappa shape index (κ3) is 3.42. The average Bonchev–Trinajstić information content (AvgIpc) is 2.30. The molecule has 0 saturated carbocycles. The molecule has 0 unspecified atom stereocenters. The zero-order valence-corrected chi connectivity index (χ0v) is 9.82. The minimum absolute atomic E-state index is 0.230. The Kier molecular flexibility index (Phi) is 4.58. The topological polar surface area (TPSA) is 35.5 Å². The van der Waals surface area contributed by atoms with Crippen molar-refractivity contribution in [3.05, 3.63) is 41.7 Å². The van der Waals surface area contributed by atoms with Crippen LogP contribution in [0, 0.1) is 6.92 Å². The zero-order valence-electron chi connectivity index (χ0n) is 9.82. The van der Waals surface area contributed by atoms with E-state index in [0.717, 1.165) is 12.0 Å². The van der Waals surface area contributed by atoms with Crippen LogP contribution in [0.4, 0.5) is 0 Å². The average molecular weight is 220 g/mol. The predicted molar refractivity (Wildman–Crippen MR) is 62.2 cm³/mol. The van der Waals surface area contributed by atoms with Gasteiger partial charge in [-0.1, -0.05) is 24.6 Å². The number of esters is 1. The Hall–Kier alpha value is -1.77. The minimum atomic E-state index is -0.456. The fraction of sp³-hybridized carbons (Fsp3) is 0.308. The molecule has 0 spiro atoms. The number of aryl methyl sites for hydroxylation is 1. The molecular weight excluding hydrogens is 204 g/mol. The molecule has 0 heterocycles. The summed E-state index contributed by atoms with van der Waals surface area (Å²) in [6.45, 7) is 3.92. The van der Waals surface area contributed by atoms with Gasteiger partial charge in [0.15, 0.2) is 0 Å². The first kappa shape index (κ1) is 12.3. The van der Waals surface area contributed by atoms with Crippen molar-refractivity contribution in [3.63, 3.8) is 0 Å². The van der Waals surface area contributed by atoms with Crippen LogP contribution in [0.25, 0.3) is 0 Å². The van der Waals surface area contributed by atoms with Crippen LogP contribution >= 0.6 is 0 Å². The summed E-state index contributed by atoms with van der Waals surface area (Å²) in [5.41, 5.74) is 1.14. The van der Waals surface area contributed by atoms with Gasteiger partial charge in [-0.15, -0.1) is 0 Å². The SMILES string of the molecule is CC/C=C(\Oc1ccc(C)cc1)C(=O)OC. The number of carbonyl (C=O) groups is 1. The van der Waals surface area contributed by atoms with E-state index in [9.17, 15) is 4.79 Å². The molecule has 0 bridgehead atoms. The molecule has 86 valence electrons. The Balaban J connectivity index is 2.80. The Labute approximate surface area is 95.7 Å². The summed E-state index contributed by atoms with van der Waals surface area (Å²) in [6, 6.07) is 7.50. The van der Waals surface area contributed by atoms with Gasteiger partial charge in [0.25, 0.3) is 0 Å². The monoisotopic (exact) mass is 220 g/mol. The summed E-state index contributed by atoms with van der Waals surface area (Å²) >= 11 is 0. The second-order valence-corrected chi connectivity index (χ2v) is 3.38. The molecule has 0 aliphatic carbocycles. The maximum Gasteiger partial charge on any atom is 0.373 e. The first-order valence-electron chi connectivity index (χ1n) is 5.20. The van der Waals surface area contributed by atoms with Gasteiger partial charge in [-0.05, 0) is 31.6 Å². The van der Waals surface area contributed by atoms with Crippen molar-refractivity contribution in [2.24, 2.45) is 0 Å².